The Morgan fingerprint density at radius 3 is 3.09 bits per heavy atom. The molecule has 0 atom stereocenters. The Kier molecular flexibility index (Phi) is 1.42. The molecule has 1 aliphatic heterocycles. The fraction of sp³-hybridized carbons (Fsp3) is 0.250. The van der Waals surface area contributed by atoms with Crippen molar-refractivity contribution in [3.63, 3.8) is 0 Å². The van der Waals surface area contributed by atoms with E-state index < -0.39 is 0 Å². The zero-order valence-corrected chi connectivity index (χ0v) is 6.04. The fourth-order valence-electron chi connectivity index (χ4n) is 0.974. The van der Waals surface area contributed by atoms with Gasteiger partial charge in [0.1, 0.15) is 13.2 Å². The van der Waals surface area contributed by atoms with Crippen LogP contribution in [0.2, 0.25) is 0 Å². The third-order valence-electron chi connectivity index (χ3n) is 1.45. The lowest BCUT2D eigenvalue weighted by molar-refractivity contribution is 0.164. The van der Waals surface area contributed by atoms with Gasteiger partial charge in [-0.3, -0.25) is 0 Å². The lowest BCUT2D eigenvalue weighted by atomic mass is 10.3. The second kappa shape index (κ2) is 2.42. The molecule has 0 saturated carbocycles. The predicted octanol–water partition coefficient (Wildman–Crippen LogP) is 1.03. The SMILES string of the molecule is [CH2]c1cnc2c(c1)OCCO2. The Balaban J connectivity index is 2.43. The minimum Gasteiger partial charge on any atom is -0.484 e. The molecular formula is C8H8NO2. The number of hydrogen-bond acceptors (Lipinski definition) is 3. The van der Waals surface area contributed by atoms with Crippen molar-refractivity contribution >= 4 is 0 Å². The molecule has 3 nitrogen and oxygen atoms in total. The number of aromatic nitrogens is 1. The van der Waals surface area contributed by atoms with E-state index in [9.17, 15) is 0 Å². The van der Waals surface area contributed by atoms with Gasteiger partial charge in [-0.05, 0) is 18.6 Å². The van der Waals surface area contributed by atoms with Crippen molar-refractivity contribution in [2.24, 2.45) is 0 Å². The van der Waals surface area contributed by atoms with Crippen molar-refractivity contribution in [2.45, 2.75) is 0 Å². The average Bonchev–Trinajstić information content (AvgIpc) is 2.04. The molecule has 0 saturated heterocycles. The maximum Gasteiger partial charge on any atom is 0.257 e. The van der Waals surface area contributed by atoms with Gasteiger partial charge in [0, 0.05) is 6.20 Å². The smallest absolute Gasteiger partial charge is 0.257 e. The molecule has 0 amide bonds. The van der Waals surface area contributed by atoms with Crippen molar-refractivity contribution in [3.05, 3.63) is 24.8 Å². The number of nitrogens with zero attached hydrogens (tertiary/aromatic N) is 1. The van der Waals surface area contributed by atoms with Crippen LogP contribution in [0, 0.1) is 6.92 Å². The summed E-state index contributed by atoms with van der Waals surface area (Å²) in [5.74, 6) is 1.27. The molecule has 0 aromatic carbocycles. The summed E-state index contributed by atoms with van der Waals surface area (Å²) in [6.45, 7) is 4.91. The number of ether oxygens (including phenoxy) is 2. The van der Waals surface area contributed by atoms with Crippen LogP contribution in [0.5, 0.6) is 11.6 Å². The second-order valence-electron chi connectivity index (χ2n) is 2.34. The van der Waals surface area contributed by atoms with Gasteiger partial charge in [-0.2, -0.15) is 0 Å². The number of rotatable bonds is 0. The summed E-state index contributed by atoms with van der Waals surface area (Å²) in [5.41, 5.74) is 0.842. The van der Waals surface area contributed by atoms with Crippen LogP contribution in [-0.4, -0.2) is 18.2 Å². The van der Waals surface area contributed by atoms with E-state index in [1.807, 2.05) is 6.07 Å². The molecule has 1 aromatic rings. The van der Waals surface area contributed by atoms with Gasteiger partial charge in [-0.15, -0.1) is 0 Å². The Hall–Kier alpha value is -1.25. The van der Waals surface area contributed by atoms with E-state index in [2.05, 4.69) is 11.9 Å². The van der Waals surface area contributed by atoms with Gasteiger partial charge in [0.2, 0.25) is 0 Å². The number of fused-ring (bicyclic) bond motifs is 1. The van der Waals surface area contributed by atoms with Crippen molar-refractivity contribution in [2.75, 3.05) is 13.2 Å². The van der Waals surface area contributed by atoms with Gasteiger partial charge < -0.3 is 9.47 Å². The second-order valence-corrected chi connectivity index (χ2v) is 2.34. The van der Waals surface area contributed by atoms with Crippen LogP contribution >= 0.6 is 0 Å². The van der Waals surface area contributed by atoms with E-state index in [0.29, 0.717) is 24.8 Å². The standard InChI is InChI=1S/C8H8NO2/c1-6-4-7-8(9-5-6)11-3-2-10-7/h4-5H,1-3H2. The highest BCUT2D eigenvalue weighted by Crippen LogP contribution is 2.27. The fourth-order valence-corrected chi connectivity index (χ4v) is 0.974. The third kappa shape index (κ3) is 1.13. The highest BCUT2D eigenvalue weighted by Gasteiger charge is 2.11. The van der Waals surface area contributed by atoms with Crippen molar-refractivity contribution < 1.29 is 9.47 Å². The minimum absolute atomic E-state index is 0.573. The quantitative estimate of drug-likeness (QED) is 0.553. The molecule has 2 rings (SSSR count). The van der Waals surface area contributed by atoms with E-state index in [0.717, 1.165) is 5.56 Å². The van der Waals surface area contributed by atoms with Crippen LogP contribution in [0.1, 0.15) is 5.56 Å². The largest absolute Gasteiger partial charge is 0.484 e. The summed E-state index contributed by atoms with van der Waals surface area (Å²) in [4.78, 5) is 4.01. The Bertz CT molecular complexity index is 273. The first kappa shape index (κ1) is 6.46. The zero-order chi connectivity index (χ0) is 7.68. The molecule has 0 aliphatic carbocycles. The molecule has 0 bridgehead atoms. The monoisotopic (exact) mass is 150 g/mol. The van der Waals surface area contributed by atoms with Crippen molar-refractivity contribution in [1.82, 2.24) is 4.98 Å². The van der Waals surface area contributed by atoms with Crippen LogP contribution in [0.3, 0.4) is 0 Å². The Labute approximate surface area is 65.0 Å². The van der Waals surface area contributed by atoms with Crippen molar-refractivity contribution in [1.29, 1.82) is 0 Å². The summed E-state index contributed by atoms with van der Waals surface area (Å²) in [6, 6.07) is 1.82. The third-order valence-corrected chi connectivity index (χ3v) is 1.45. The summed E-state index contributed by atoms with van der Waals surface area (Å²) in [7, 11) is 0. The first-order chi connectivity index (χ1) is 5.36. The highest BCUT2D eigenvalue weighted by molar-refractivity contribution is 5.38. The van der Waals surface area contributed by atoms with E-state index in [-0.39, 0.29) is 0 Å². The average molecular weight is 150 g/mol. The summed E-state index contributed by atoms with van der Waals surface area (Å²) in [6.07, 6.45) is 1.66. The van der Waals surface area contributed by atoms with E-state index in [4.69, 9.17) is 9.47 Å². The van der Waals surface area contributed by atoms with Crippen LogP contribution < -0.4 is 9.47 Å². The van der Waals surface area contributed by atoms with Crippen LogP contribution in [0.25, 0.3) is 0 Å². The van der Waals surface area contributed by atoms with Gasteiger partial charge in [-0.1, -0.05) is 0 Å². The minimum atomic E-state index is 0.573. The summed E-state index contributed by atoms with van der Waals surface area (Å²) >= 11 is 0. The van der Waals surface area contributed by atoms with Gasteiger partial charge in [-0.25, -0.2) is 4.98 Å². The van der Waals surface area contributed by atoms with Gasteiger partial charge in [0.05, 0.1) is 0 Å². The number of pyridine rings is 1. The molecule has 57 valence electrons. The number of hydrogen-bond donors (Lipinski definition) is 0. The lowest BCUT2D eigenvalue weighted by Gasteiger charge is -2.16. The van der Waals surface area contributed by atoms with E-state index in [1.165, 1.54) is 0 Å². The van der Waals surface area contributed by atoms with Gasteiger partial charge in [0.25, 0.3) is 5.88 Å². The van der Waals surface area contributed by atoms with Crippen molar-refractivity contribution in [3.8, 4) is 11.6 Å². The van der Waals surface area contributed by atoms with Crippen LogP contribution in [0.4, 0.5) is 0 Å². The summed E-state index contributed by atoms with van der Waals surface area (Å²) < 4.78 is 10.5. The molecule has 2 heterocycles. The molecule has 3 heteroatoms. The van der Waals surface area contributed by atoms with Gasteiger partial charge >= 0.3 is 0 Å². The van der Waals surface area contributed by atoms with E-state index >= 15 is 0 Å². The topological polar surface area (TPSA) is 31.4 Å². The molecule has 1 aromatic heterocycles. The molecule has 1 radical (unpaired) electrons. The lowest BCUT2D eigenvalue weighted by Crippen LogP contribution is -2.16. The molecule has 11 heavy (non-hydrogen) atoms. The molecule has 0 spiro atoms. The molecular weight excluding hydrogens is 142 g/mol. The van der Waals surface area contributed by atoms with Crippen LogP contribution in [-0.2, 0) is 0 Å². The first-order valence-electron chi connectivity index (χ1n) is 3.44. The molecule has 0 N–H and O–H groups in total. The van der Waals surface area contributed by atoms with Crippen LogP contribution in [0.15, 0.2) is 12.3 Å². The molecule has 1 aliphatic rings. The van der Waals surface area contributed by atoms with Gasteiger partial charge in [0.15, 0.2) is 5.75 Å². The molecule has 0 unspecified atom stereocenters. The Morgan fingerprint density at radius 2 is 2.18 bits per heavy atom. The molecule has 0 fully saturated rings. The predicted molar refractivity (Wildman–Crippen MR) is 39.7 cm³/mol. The first-order valence-corrected chi connectivity index (χ1v) is 3.44. The van der Waals surface area contributed by atoms with E-state index in [1.54, 1.807) is 6.20 Å². The normalized spacial score (nSPS) is 14.6. The zero-order valence-electron chi connectivity index (χ0n) is 6.04. The summed E-state index contributed by atoms with van der Waals surface area (Å²) in [5, 5.41) is 0. The highest BCUT2D eigenvalue weighted by atomic mass is 16.6. The Morgan fingerprint density at radius 1 is 1.36 bits per heavy atom. The maximum absolute atomic E-state index is 5.28. The maximum atomic E-state index is 5.28.